The molecule has 39 heavy (non-hydrogen) atoms. The molecule has 210 valence electrons. The van der Waals surface area contributed by atoms with Crippen LogP contribution in [0.15, 0.2) is 54.6 Å². The summed E-state index contributed by atoms with van der Waals surface area (Å²) in [7, 11) is 0. The SMILES string of the molecule is NCCC(=O)N1CCC[C@H]1C(=O)N[C@@H](CCN)C(=O)N[C@H](Cc1ccc(O)cc1)C(=O)NCc1ccccc1. The zero-order valence-electron chi connectivity index (χ0n) is 22.0. The van der Waals surface area contributed by atoms with Gasteiger partial charge in [-0.1, -0.05) is 42.5 Å². The number of hydrogen-bond acceptors (Lipinski definition) is 7. The van der Waals surface area contributed by atoms with Gasteiger partial charge in [0, 0.05) is 32.5 Å². The summed E-state index contributed by atoms with van der Waals surface area (Å²) in [5.74, 6) is -1.49. The number of carbonyl (C=O) groups is 4. The van der Waals surface area contributed by atoms with Gasteiger partial charge in [-0.25, -0.2) is 0 Å². The molecule has 11 nitrogen and oxygen atoms in total. The van der Waals surface area contributed by atoms with Crippen molar-refractivity contribution in [3.05, 3.63) is 65.7 Å². The maximum absolute atomic E-state index is 13.3. The van der Waals surface area contributed by atoms with Gasteiger partial charge >= 0.3 is 0 Å². The molecule has 8 N–H and O–H groups in total. The molecule has 0 aliphatic carbocycles. The first-order valence-electron chi connectivity index (χ1n) is 13.2. The van der Waals surface area contributed by atoms with E-state index in [9.17, 15) is 24.3 Å². The third-order valence-corrected chi connectivity index (χ3v) is 6.64. The van der Waals surface area contributed by atoms with E-state index in [1.54, 1.807) is 12.1 Å². The lowest BCUT2D eigenvalue weighted by molar-refractivity contribution is -0.139. The Hall–Kier alpha value is -3.96. The Labute approximate surface area is 228 Å². The quantitative estimate of drug-likeness (QED) is 0.206. The number of carbonyl (C=O) groups excluding carboxylic acids is 4. The third kappa shape index (κ3) is 8.79. The highest BCUT2D eigenvalue weighted by Gasteiger charge is 2.36. The van der Waals surface area contributed by atoms with Crippen LogP contribution in [-0.2, 0) is 32.1 Å². The molecule has 0 saturated carbocycles. The molecule has 3 rings (SSSR count). The van der Waals surface area contributed by atoms with Crippen LogP contribution >= 0.6 is 0 Å². The van der Waals surface area contributed by atoms with Gasteiger partial charge in [-0.15, -0.1) is 0 Å². The van der Waals surface area contributed by atoms with Crippen molar-refractivity contribution in [2.45, 2.75) is 56.8 Å². The number of rotatable bonds is 13. The minimum atomic E-state index is -0.987. The molecule has 0 aromatic heterocycles. The summed E-state index contributed by atoms with van der Waals surface area (Å²) in [6.07, 6.45) is 1.63. The Kier molecular flexibility index (Phi) is 11.3. The van der Waals surface area contributed by atoms with Crippen molar-refractivity contribution < 1.29 is 24.3 Å². The van der Waals surface area contributed by atoms with E-state index in [1.165, 1.54) is 17.0 Å². The fraction of sp³-hybridized carbons (Fsp3) is 0.429. The van der Waals surface area contributed by atoms with Crippen molar-refractivity contribution in [1.82, 2.24) is 20.9 Å². The predicted octanol–water partition coefficient (Wildman–Crippen LogP) is -0.0907. The normalized spacial score (nSPS) is 16.3. The Morgan fingerprint density at radius 3 is 2.28 bits per heavy atom. The van der Waals surface area contributed by atoms with E-state index in [0.717, 1.165) is 11.1 Å². The number of benzene rings is 2. The Morgan fingerprint density at radius 1 is 0.897 bits per heavy atom. The highest BCUT2D eigenvalue weighted by Crippen LogP contribution is 2.19. The standard InChI is InChI=1S/C28H38N6O5/c29-14-12-22(32-28(39)24-7-4-16-34(24)25(36)13-15-30)27(38)33-23(17-19-8-10-21(35)11-9-19)26(37)31-18-20-5-2-1-3-6-20/h1-3,5-6,8-11,22-24,35H,4,7,12-18,29-30H2,(H,31,37)(H,32,39)(H,33,38)/t22-,23+,24-/m0/s1. The third-order valence-electron chi connectivity index (χ3n) is 6.64. The molecular formula is C28H38N6O5. The Balaban J connectivity index is 1.71. The van der Waals surface area contributed by atoms with E-state index in [1.807, 2.05) is 30.3 Å². The molecule has 1 heterocycles. The maximum Gasteiger partial charge on any atom is 0.243 e. The number of amides is 4. The average Bonchev–Trinajstić information content (AvgIpc) is 3.43. The summed E-state index contributed by atoms with van der Waals surface area (Å²) < 4.78 is 0. The first-order valence-corrected chi connectivity index (χ1v) is 13.2. The monoisotopic (exact) mass is 538 g/mol. The van der Waals surface area contributed by atoms with Crippen LogP contribution in [0.4, 0.5) is 0 Å². The fourth-order valence-corrected chi connectivity index (χ4v) is 4.57. The van der Waals surface area contributed by atoms with Gasteiger partial charge in [0.15, 0.2) is 0 Å². The minimum absolute atomic E-state index is 0.0875. The molecule has 1 saturated heterocycles. The molecule has 1 aliphatic rings. The van der Waals surface area contributed by atoms with Gasteiger partial charge in [0.2, 0.25) is 23.6 Å². The first-order chi connectivity index (χ1) is 18.8. The highest BCUT2D eigenvalue weighted by molar-refractivity contribution is 5.94. The smallest absolute Gasteiger partial charge is 0.243 e. The van der Waals surface area contributed by atoms with Crippen molar-refractivity contribution in [1.29, 1.82) is 0 Å². The molecule has 4 amide bonds. The minimum Gasteiger partial charge on any atom is -0.508 e. The number of likely N-dealkylation sites (tertiary alicyclic amines) is 1. The second kappa shape index (κ2) is 14.8. The summed E-state index contributed by atoms with van der Waals surface area (Å²) in [4.78, 5) is 53.5. The van der Waals surface area contributed by atoms with E-state index in [0.29, 0.717) is 19.4 Å². The van der Waals surface area contributed by atoms with Crippen molar-refractivity contribution in [2.24, 2.45) is 11.5 Å². The first kappa shape index (κ1) is 29.6. The highest BCUT2D eigenvalue weighted by atomic mass is 16.3. The second-order valence-electron chi connectivity index (χ2n) is 9.56. The Morgan fingerprint density at radius 2 is 1.62 bits per heavy atom. The topological polar surface area (TPSA) is 180 Å². The Bertz CT molecular complexity index is 1110. The number of hydrogen-bond donors (Lipinski definition) is 6. The maximum atomic E-state index is 13.3. The van der Waals surface area contributed by atoms with Gasteiger partial charge in [-0.3, -0.25) is 19.2 Å². The lowest BCUT2D eigenvalue weighted by atomic mass is 10.0. The van der Waals surface area contributed by atoms with Crippen LogP contribution < -0.4 is 27.4 Å². The van der Waals surface area contributed by atoms with Crippen molar-refractivity contribution in [2.75, 3.05) is 19.6 Å². The number of phenols is 1. The van der Waals surface area contributed by atoms with Gasteiger partial charge in [0.1, 0.15) is 23.9 Å². The van der Waals surface area contributed by atoms with Crippen LogP contribution in [0.2, 0.25) is 0 Å². The number of phenolic OH excluding ortho intramolecular Hbond substituents is 1. The summed E-state index contributed by atoms with van der Waals surface area (Å²) in [6.45, 7) is 1.05. The van der Waals surface area contributed by atoms with Crippen LogP contribution in [0.1, 0.15) is 36.8 Å². The van der Waals surface area contributed by atoms with E-state index in [2.05, 4.69) is 16.0 Å². The zero-order chi connectivity index (χ0) is 28.2. The number of nitrogens with zero attached hydrogens (tertiary/aromatic N) is 1. The molecule has 0 bridgehead atoms. The summed E-state index contributed by atoms with van der Waals surface area (Å²) in [6, 6.07) is 13.1. The van der Waals surface area contributed by atoms with Crippen LogP contribution in [0, 0.1) is 0 Å². The van der Waals surface area contributed by atoms with Crippen LogP contribution in [0.5, 0.6) is 5.75 Å². The summed E-state index contributed by atoms with van der Waals surface area (Å²) >= 11 is 0. The number of aromatic hydroxyl groups is 1. The van der Waals surface area contributed by atoms with E-state index < -0.39 is 35.8 Å². The van der Waals surface area contributed by atoms with Crippen LogP contribution in [0.25, 0.3) is 0 Å². The van der Waals surface area contributed by atoms with E-state index in [-0.39, 0.29) is 50.6 Å². The molecule has 3 atom stereocenters. The fourth-order valence-electron chi connectivity index (χ4n) is 4.57. The van der Waals surface area contributed by atoms with Crippen LogP contribution in [0.3, 0.4) is 0 Å². The number of nitrogens with two attached hydrogens (primary N) is 2. The number of nitrogens with one attached hydrogen (secondary N) is 3. The van der Waals surface area contributed by atoms with Crippen molar-refractivity contribution in [3.63, 3.8) is 0 Å². The predicted molar refractivity (Wildman–Crippen MR) is 146 cm³/mol. The average molecular weight is 539 g/mol. The lowest BCUT2D eigenvalue weighted by Gasteiger charge is -2.27. The largest absolute Gasteiger partial charge is 0.508 e. The van der Waals surface area contributed by atoms with Gasteiger partial charge in [0.05, 0.1) is 0 Å². The van der Waals surface area contributed by atoms with Gasteiger partial charge in [0.25, 0.3) is 0 Å². The molecule has 2 aromatic rings. The molecule has 1 fully saturated rings. The molecule has 0 spiro atoms. The molecule has 1 aliphatic heterocycles. The van der Waals surface area contributed by atoms with E-state index >= 15 is 0 Å². The zero-order valence-corrected chi connectivity index (χ0v) is 22.0. The van der Waals surface area contributed by atoms with E-state index in [4.69, 9.17) is 11.5 Å². The second-order valence-corrected chi connectivity index (χ2v) is 9.56. The summed E-state index contributed by atoms with van der Waals surface area (Å²) in [5.41, 5.74) is 12.9. The molecule has 0 radical (unpaired) electrons. The van der Waals surface area contributed by atoms with Gasteiger partial charge in [-0.2, -0.15) is 0 Å². The summed E-state index contributed by atoms with van der Waals surface area (Å²) in [5, 5.41) is 18.0. The van der Waals surface area contributed by atoms with Crippen LogP contribution in [-0.4, -0.2) is 71.4 Å². The van der Waals surface area contributed by atoms with Gasteiger partial charge in [-0.05, 0) is 49.1 Å². The lowest BCUT2D eigenvalue weighted by Crippen LogP contribution is -2.57. The van der Waals surface area contributed by atoms with Gasteiger partial charge < -0.3 is 37.4 Å². The van der Waals surface area contributed by atoms with Crippen molar-refractivity contribution >= 4 is 23.6 Å². The molecule has 11 heteroatoms. The molecule has 2 aromatic carbocycles. The van der Waals surface area contributed by atoms with Crippen molar-refractivity contribution in [3.8, 4) is 5.75 Å². The molecular weight excluding hydrogens is 500 g/mol. The molecule has 0 unspecified atom stereocenters.